The summed E-state index contributed by atoms with van der Waals surface area (Å²) in [6.07, 6.45) is 3.66. The summed E-state index contributed by atoms with van der Waals surface area (Å²) >= 11 is 0. The van der Waals surface area contributed by atoms with Gasteiger partial charge in [0.2, 0.25) is 5.91 Å². The number of hydrogen-bond acceptors (Lipinski definition) is 2. The monoisotopic (exact) mass is 244 g/mol. The molecule has 18 heavy (non-hydrogen) atoms. The van der Waals surface area contributed by atoms with E-state index in [-0.39, 0.29) is 11.4 Å². The number of nitrogens with one attached hydrogen (secondary N) is 2. The van der Waals surface area contributed by atoms with Crippen molar-refractivity contribution < 1.29 is 4.79 Å². The number of likely N-dealkylation sites (N-methyl/N-ethyl adjacent to an activating group) is 1. The maximum Gasteiger partial charge on any atom is 0.245 e. The van der Waals surface area contributed by atoms with Gasteiger partial charge >= 0.3 is 0 Å². The molecule has 1 aliphatic rings. The van der Waals surface area contributed by atoms with Crippen LogP contribution in [-0.2, 0) is 11.2 Å². The first-order valence-corrected chi connectivity index (χ1v) is 6.38. The molecule has 2 rings (SSSR count). The van der Waals surface area contributed by atoms with E-state index in [2.05, 4.69) is 42.7 Å². The molecule has 1 atom stereocenters. The van der Waals surface area contributed by atoms with Crippen LogP contribution in [0, 0.1) is 0 Å². The molecule has 0 fully saturated rings. The quantitative estimate of drug-likeness (QED) is 0.782. The third-order valence-corrected chi connectivity index (χ3v) is 3.63. The summed E-state index contributed by atoms with van der Waals surface area (Å²) in [5.41, 5.74) is 3.37. The third-order valence-electron chi connectivity index (χ3n) is 3.63. The number of rotatable bonds is 2. The van der Waals surface area contributed by atoms with Crippen molar-refractivity contribution in [2.75, 3.05) is 7.05 Å². The molecular weight excluding hydrogens is 224 g/mol. The highest BCUT2D eigenvalue weighted by Crippen LogP contribution is 2.31. The van der Waals surface area contributed by atoms with Gasteiger partial charge in [0.1, 0.15) is 0 Å². The van der Waals surface area contributed by atoms with Gasteiger partial charge < -0.3 is 10.6 Å². The van der Waals surface area contributed by atoms with Gasteiger partial charge in [0.15, 0.2) is 0 Å². The molecule has 0 saturated carbocycles. The van der Waals surface area contributed by atoms with Gasteiger partial charge in [-0.05, 0) is 25.3 Å². The number of carbonyl (C=O) groups is 1. The summed E-state index contributed by atoms with van der Waals surface area (Å²) in [4.78, 5) is 11.6. The number of amides is 1. The van der Waals surface area contributed by atoms with Gasteiger partial charge in [0.25, 0.3) is 0 Å². The van der Waals surface area contributed by atoms with Crippen LogP contribution in [0.15, 0.2) is 30.3 Å². The molecule has 1 amide bonds. The summed E-state index contributed by atoms with van der Waals surface area (Å²) in [5.74, 6) is -0.0762. The van der Waals surface area contributed by atoms with Crippen LogP contribution >= 0.6 is 0 Å². The second-order valence-corrected chi connectivity index (χ2v) is 5.05. The van der Waals surface area contributed by atoms with Crippen LogP contribution in [0.3, 0.4) is 0 Å². The Hall–Kier alpha value is -1.77. The average molecular weight is 244 g/mol. The Labute approximate surface area is 108 Å². The Morgan fingerprint density at radius 1 is 1.50 bits per heavy atom. The molecule has 0 aromatic heterocycles. The largest absolute Gasteiger partial charge is 0.379 e. The molecule has 96 valence electrons. The summed E-state index contributed by atoms with van der Waals surface area (Å²) < 4.78 is 0. The Bertz CT molecular complexity index is 493. The topological polar surface area (TPSA) is 41.1 Å². The van der Waals surface area contributed by atoms with Crippen LogP contribution in [0.1, 0.15) is 31.4 Å². The maximum absolute atomic E-state index is 11.6. The van der Waals surface area contributed by atoms with Crippen LogP contribution < -0.4 is 10.6 Å². The van der Waals surface area contributed by atoms with E-state index in [4.69, 9.17) is 0 Å². The van der Waals surface area contributed by atoms with Crippen molar-refractivity contribution in [3.63, 3.8) is 0 Å². The van der Waals surface area contributed by atoms with Gasteiger partial charge in [0.05, 0.1) is 0 Å². The molecule has 2 N–H and O–H groups in total. The highest BCUT2D eigenvalue weighted by Gasteiger charge is 2.30. The van der Waals surface area contributed by atoms with Gasteiger partial charge in [-0.1, -0.05) is 31.2 Å². The number of carbonyl (C=O) groups excluding carboxylic acids is 1. The van der Waals surface area contributed by atoms with Crippen LogP contribution in [-0.4, -0.2) is 18.5 Å². The lowest BCUT2D eigenvalue weighted by atomic mass is 9.83. The Morgan fingerprint density at radius 3 is 2.89 bits per heavy atom. The molecule has 0 radical (unpaired) electrons. The fourth-order valence-corrected chi connectivity index (χ4v) is 2.32. The first-order chi connectivity index (χ1) is 8.58. The SMILES string of the molecule is CC[C@]1(C)Cc2ccccc2/C(=C\C(=O)NC)N1. The predicted octanol–water partition coefficient (Wildman–Crippen LogP) is 2.09. The lowest BCUT2D eigenvalue weighted by Crippen LogP contribution is -2.46. The minimum atomic E-state index is -0.0762. The standard InChI is InChI=1S/C15H20N2O/c1-4-15(2)10-11-7-5-6-8-12(11)13(17-15)9-14(18)16-3/h5-9,17H,4,10H2,1-3H3,(H,16,18)/b13-9+/t15-/m1/s1. The third kappa shape index (κ3) is 2.40. The smallest absolute Gasteiger partial charge is 0.245 e. The molecule has 1 heterocycles. The van der Waals surface area contributed by atoms with Gasteiger partial charge in [-0.25, -0.2) is 0 Å². The van der Waals surface area contributed by atoms with E-state index in [1.54, 1.807) is 13.1 Å². The van der Waals surface area contributed by atoms with Crippen LogP contribution in [0.2, 0.25) is 0 Å². The van der Waals surface area contributed by atoms with Crippen LogP contribution in [0.25, 0.3) is 5.70 Å². The number of fused-ring (bicyclic) bond motifs is 1. The summed E-state index contributed by atoms with van der Waals surface area (Å²) in [7, 11) is 1.65. The van der Waals surface area contributed by atoms with E-state index >= 15 is 0 Å². The van der Waals surface area contributed by atoms with E-state index in [0.29, 0.717) is 0 Å². The summed E-state index contributed by atoms with van der Waals surface area (Å²) in [6.45, 7) is 4.36. The molecule has 1 aliphatic heterocycles. The van der Waals surface area contributed by atoms with Crippen molar-refractivity contribution in [1.29, 1.82) is 0 Å². The van der Waals surface area contributed by atoms with Crippen molar-refractivity contribution in [2.45, 2.75) is 32.2 Å². The molecule has 0 saturated heterocycles. The minimum Gasteiger partial charge on any atom is -0.379 e. The van der Waals surface area contributed by atoms with E-state index in [0.717, 1.165) is 24.1 Å². The number of benzene rings is 1. The highest BCUT2D eigenvalue weighted by atomic mass is 16.1. The highest BCUT2D eigenvalue weighted by molar-refractivity contribution is 5.95. The fourth-order valence-electron chi connectivity index (χ4n) is 2.32. The molecule has 0 unspecified atom stereocenters. The van der Waals surface area contributed by atoms with Crippen molar-refractivity contribution in [1.82, 2.24) is 10.6 Å². The molecule has 0 aliphatic carbocycles. The molecule has 0 bridgehead atoms. The van der Waals surface area contributed by atoms with Gasteiger partial charge in [-0.15, -0.1) is 0 Å². The van der Waals surface area contributed by atoms with Gasteiger partial charge in [-0.2, -0.15) is 0 Å². The first kappa shape index (κ1) is 12.7. The Morgan fingerprint density at radius 2 is 2.22 bits per heavy atom. The Kier molecular flexibility index (Phi) is 3.41. The Balaban J connectivity index is 2.46. The summed E-state index contributed by atoms with van der Waals surface area (Å²) in [6, 6.07) is 8.26. The fraction of sp³-hybridized carbons (Fsp3) is 0.400. The lowest BCUT2D eigenvalue weighted by molar-refractivity contribution is -0.116. The zero-order valence-electron chi connectivity index (χ0n) is 11.2. The van der Waals surface area contributed by atoms with Gasteiger partial charge in [-0.3, -0.25) is 4.79 Å². The molecule has 3 nitrogen and oxygen atoms in total. The van der Waals surface area contributed by atoms with Crippen molar-refractivity contribution in [2.24, 2.45) is 0 Å². The lowest BCUT2D eigenvalue weighted by Gasteiger charge is -2.38. The molecule has 1 aromatic carbocycles. The molecule has 0 spiro atoms. The average Bonchev–Trinajstić information content (AvgIpc) is 2.38. The second kappa shape index (κ2) is 4.84. The van der Waals surface area contributed by atoms with Crippen LogP contribution in [0.4, 0.5) is 0 Å². The zero-order chi connectivity index (χ0) is 13.2. The van der Waals surface area contributed by atoms with Gasteiger partial charge in [0, 0.05) is 29.9 Å². The molecule has 1 aromatic rings. The van der Waals surface area contributed by atoms with Crippen molar-refractivity contribution in [3.8, 4) is 0 Å². The van der Waals surface area contributed by atoms with E-state index in [9.17, 15) is 4.79 Å². The maximum atomic E-state index is 11.6. The molecular formula is C15H20N2O. The number of hydrogen-bond donors (Lipinski definition) is 2. The van der Waals surface area contributed by atoms with Crippen molar-refractivity contribution in [3.05, 3.63) is 41.5 Å². The predicted molar refractivity (Wildman–Crippen MR) is 74.0 cm³/mol. The minimum absolute atomic E-state index is 0.0220. The summed E-state index contributed by atoms with van der Waals surface area (Å²) in [5, 5.41) is 6.13. The van der Waals surface area contributed by atoms with E-state index in [1.807, 2.05) is 6.07 Å². The van der Waals surface area contributed by atoms with Crippen molar-refractivity contribution >= 4 is 11.6 Å². The van der Waals surface area contributed by atoms with E-state index in [1.165, 1.54) is 5.56 Å². The first-order valence-electron chi connectivity index (χ1n) is 6.38. The second-order valence-electron chi connectivity index (χ2n) is 5.05. The zero-order valence-corrected chi connectivity index (χ0v) is 11.2. The molecule has 3 heteroatoms. The normalized spacial score (nSPS) is 24.3. The van der Waals surface area contributed by atoms with E-state index < -0.39 is 0 Å². The van der Waals surface area contributed by atoms with Crippen LogP contribution in [0.5, 0.6) is 0 Å².